The highest BCUT2D eigenvalue weighted by molar-refractivity contribution is 8.00. The Balaban J connectivity index is 1.72. The van der Waals surface area contributed by atoms with E-state index in [1.807, 2.05) is 36.1 Å². The number of hydrogen-bond donors (Lipinski definition) is 0. The molecular weight excluding hydrogens is 306 g/mol. The number of fused-ring (bicyclic) bond motifs is 1. The van der Waals surface area contributed by atoms with Crippen molar-refractivity contribution < 1.29 is 4.79 Å². The van der Waals surface area contributed by atoms with Gasteiger partial charge in [-0.05, 0) is 31.2 Å². The van der Waals surface area contributed by atoms with E-state index < -0.39 is 0 Å². The predicted octanol–water partition coefficient (Wildman–Crippen LogP) is 3.53. The molecule has 0 bridgehead atoms. The van der Waals surface area contributed by atoms with Crippen molar-refractivity contribution in [1.29, 1.82) is 0 Å². The lowest BCUT2D eigenvalue weighted by atomic mass is 9.92. The fourth-order valence-electron chi connectivity index (χ4n) is 3.36. The summed E-state index contributed by atoms with van der Waals surface area (Å²) in [5.41, 5.74) is 0.940. The lowest BCUT2D eigenvalue weighted by Gasteiger charge is -2.35. The Kier molecular flexibility index (Phi) is 4.85. The molecule has 3 rings (SSSR count). The third-order valence-corrected chi connectivity index (χ3v) is 5.21. The van der Waals surface area contributed by atoms with Crippen molar-refractivity contribution in [3.63, 3.8) is 0 Å². The van der Waals surface area contributed by atoms with E-state index in [1.54, 1.807) is 0 Å². The van der Waals surface area contributed by atoms with E-state index in [0.717, 1.165) is 34.8 Å². The van der Waals surface area contributed by atoms with E-state index in [4.69, 9.17) is 0 Å². The molecule has 1 aromatic carbocycles. The number of rotatable bonds is 3. The van der Waals surface area contributed by atoms with Crippen LogP contribution < -0.4 is 0 Å². The molecule has 4 nitrogen and oxygen atoms in total. The first kappa shape index (κ1) is 16.2. The van der Waals surface area contributed by atoms with Gasteiger partial charge in [0.15, 0.2) is 0 Å². The van der Waals surface area contributed by atoms with E-state index in [1.165, 1.54) is 18.2 Å². The summed E-state index contributed by atoms with van der Waals surface area (Å²) >= 11 is 1.53. The van der Waals surface area contributed by atoms with Crippen molar-refractivity contribution in [3.05, 3.63) is 30.1 Å². The van der Waals surface area contributed by atoms with Gasteiger partial charge in [0.1, 0.15) is 10.9 Å². The summed E-state index contributed by atoms with van der Waals surface area (Å²) in [6, 6.07) is 7.97. The standard InChI is InChI=1S/C18H23N3OS/c1-12-8-13(2)10-21(9-12)17(22)11-23-18-15-6-4-5-7-16(15)19-14(3)20-18/h4-7,12-13H,8-11H2,1-3H3/t12-,13+. The van der Waals surface area contributed by atoms with Crippen LogP contribution in [0.4, 0.5) is 0 Å². The number of amides is 1. The summed E-state index contributed by atoms with van der Waals surface area (Å²) in [7, 11) is 0. The molecule has 0 unspecified atom stereocenters. The van der Waals surface area contributed by atoms with Gasteiger partial charge in [-0.15, -0.1) is 0 Å². The van der Waals surface area contributed by atoms with Crippen molar-refractivity contribution in [2.24, 2.45) is 11.8 Å². The summed E-state index contributed by atoms with van der Waals surface area (Å²) in [4.78, 5) is 23.5. The van der Waals surface area contributed by atoms with Crippen molar-refractivity contribution in [2.45, 2.75) is 32.2 Å². The van der Waals surface area contributed by atoms with Crippen molar-refractivity contribution in [1.82, 2.24) is 14.9 Å². The molecule has 5 heteroatoms. The van der Waals surface area contributed by atoms with Crippen LogP contribution in [0.25, 0.3) is 10.9 Å². The lowest BCUT2D eigenvalue weighted by Crippen LogP contribution is -2.43. The number of aryl methyl sites for hydroxylation is 1. The van der Waals surface area contributed by atoms with Gasteiger partial charge in [-0.1, -0.05) is 43.8 Å². The fraction of sp³-hybridized carbons (Fsp3) is 0.500. The van der Waals surface area contributed by atoms with Gasteiger partial charge in [-0.2, -0.15) is 0 Å². The van der Waals surface area contributed by atoms with E-state index in [-0.39, 0.29) is 5.91 Å². The Morgan fingerprint density at radius 3 is 2.65 bits per heavy atom. The number of carbonyl (C=O) groups is 1. The number of para-hydroxylation sites is 1. The Morgan fingerprint density at radius 2 is 1.91 bits per heavy atom. The van der Waals surface area contributed by atoms with E-state index in [2.05, 4.69) is 23.8 Å². The molecule has 0 radical (unpaired) electrons. The molecule has 0 N–H and O–H groups in total. The first-order chi connectivity index (χ1) is 11.0. The maximum absolute atomic E-state index is 12.5. The van der Waals surface area contributed by atoms with Crippen molar-refractivity contribution in [3.8, 4) is 0 Å². The summed E-state index contributed by atoms with van der Waals surface area (Å²) in [6.07, 6.45) is 1.21. The molecule has 2 aromatic rings. The Labute approximate surface area is 141 Å². The van der Waals surface area contributed by atoms with E-state index >= 15 is 0 Å². The fourth-order valence-corrected chi connectivity index (χ4v) is 4.32. The van der Waals surface area contributed by atoms with Crippen LogP contribution in [0.5, 0.6) is 0 Å². The third kappa shape index (κ3) is 3.83. The molecule has 0 saturated carbocycles. The minimum absolute atomic E-state index is 0.216. The van der Waals surface area contributed by atoms with Crippen LogP contribution in [0.15, 0.2) is 29.3 Å². The van der Waals surface area contributed by atoms with Gasteiger partial charge >= 0.3 is 0 Å². The number of carbonyl (C=O) groups excluding carboxylic acids is 1. The third-order valence-electron chi connectivity index (χ3n) is 4.23. The molecular formula is C18H23N3OS. The summed E-state index contributed by atoms with van der Waals surface area (Å²) < 4.78 is 0. The second kappa shape index (κ2) is 6.87. The van der Waals surface area contributed by atoms with Gasteiger partial charge in [0.25, 0.3) is 0 Å². The smallest absolute Gasteiger partial charge is 0.233 e. The monoisotopic (exact) mass is 329 g/mol. The molecule has 1 aliphatic rings. The number of thioether (sulfide) groups is 1. The lowest BCUT2D eigenvalue weighted by molar-refractivity contribution is -0.130. The van der Waals surface area contributed by atoms with Crippen LogP contribution in [0.2, 0.25) is 0 Å². The molecule has 2 atom stereocenters. The molecule has 1 fully saturated rings. The molecule has 1 aromatic heterocycles. The summed E-state index contributed by atoms with van der Waals surface area (Å²) in [5.74, 6) is 2.59. The van der Waals surface area contributed by atoms with Crippen LogP contribution in [0, 0.1) is 18.8 Å². The average molecular weight is 329 g/mol. The Morgan fingerprint density at radius 1 is 1.22 bits per heavy atom. The number of aromatic nitrogens is 2. The first-order valence-corrected chi connectivity index (χ1v) is 9.15. The van der Waals surface area contributed by atoms with Gasteiger partial charge in [-0.3, -0.25) is 4.79 Å². The van der Waals surface area contributed by atoms with Crippen LogP contribution in [0.3, 0.4) is 0 Å². The molecule has 2 heterocycles. The molecule has 1 saturated heterocycles. The highest BCUT2D eigenvalue weighted by atomic mass is 32.2. The predicted molar refractivity (Wildman–Crippen MR) is 94.5 cm³/mol. The molecule has 23 heavy (non-hydrogen) atoms. The number of hydrogen-bond acceptors (Lipinski definition) is 4. The molecule has 122 valence electrons. The van der Waals surface area contributed by atoms with E-state index in [0.29, 0.717) is 17.6 Å². The highest BCUT2D eigenvalue weighted by Gasteiger charge is 2.25. The number of benzene rings is 1. The van der Waals surface area contributed by atoms with Crippen LogP contribution in [-0.2, 0) is 4.79 Å². The molecule has 1 amide bonds. The minimum Gasteiger partial charge on any atom is -0.341 e. The highest BCUT2D eigenvalue weighted by Crippen LogP contribution is 2.27. The normalized spacial score (nSPS) is 21.6. The zero-order valence-corrected chi connectivity index (χ0v) is 14.8. The Hall–Kier alpha value is -1.62. The first-order valence-electron chi connectivity index (χ1n) is 8.17. The quantitative estimate of drug-likeness (QED) is 0.638. The maximum atomic E-state index is 12.5. The minimum atomic E-state index is 0.216. The zero-order chi connectivity index (χ0) is 16.4. The van der Waals surface area contributed by atoms with Crippen LogP contribution in [-0.4, -0.2) is 39.6 Å². The van der Waals surface area contributed by atoms with Gasteiger partial charge in [0, 0.05) is 18.5 Å². The molecule has 0 aliphatic carbocycles. The van der Waals surface area contributed by atoms with Crippen molar-refractivity contribution >= 4 is 28.6 Å². The molecule has 0 spiro atoms. The van der Waals surface area contributed by atoms with Crippen molar-refractivity contribution in [2.75, 3.05) is 18.8 Å². The Bertz CT molecular complexity index is 708. The van der Waals surface area contributed by atoms with Gasteiger partial charge in [-0.25, -0.2) is 9.97 Å². The van der Waals surface area contributed by atoms with Gasteiger partial charge in [0.2, 0.25) is 5.91 Å². The van der Waals surface area contributed by atoms with Crippen LogP contribution >= 0.6 is 11.8 Å². The average Bonchev–Trinajstić information content (AvgIpc) is 2.51. The van der Waals surface area contributed by atoms with Gasteiger partial charge in [0.05, 0.1) is 11.3 Å². The second-order valence-electron chi connectivity index (χ2n) is 6.63. The number of piperidine rings is 1. The zero-order valence-electron chi connectivity index (χ0n) is 14.0. The summed E-state index contributed by atoms with van der Waals surface area (Å²) in [5, 5.41) is 1.93. The van der Waals surface area contributed by atoms with Gasteiger partial charge < -0.3 is 4.90 Å². The number of nitrogens with zero attached hydrogens (tertiary/aromatic N) is 3. The summed E-state index contributed by atoms with van der Waals surface area (Å²) in [6.45, 7) is 8.11. The SMILES string of the molecule is Cc1nc(SCC(=O)N2C[C@H](C)C[C@H](C)C2)c2ccccc2n1. The number of likely N-dealkylation sites (tertiary alicyclic amines) is 1. The molecule has 1 aliphatic heterocycles. The largest absolute Gasteiger partial charge is 0.341 e. The van der Waals surface area contributed by atoms with E-state index in [9.17, 15) is 4.79 Å². The topological polar surface area (TPSA) is 46.1 Å². The second-order valence-corrected chi connectivity index (χ2v) is 7.59. The maximum Gasteiger partial charge on any atom is 0.233 e. The van der Waals surface area contributed by atoms with Crippen LogP contribution in [0.1, 0.15) is 26.1 Å².